The first kappa shape index (κ1) is 22.6. The Morgan fingerprint density at radius 1 is 1.16 bits per heavy atom. The fourth-order valence-electron chi connectivity index (χ4n) is 3.86. The molecule has 2 aromatic rings. The minimum absolute atomic E-state index is 0.0624. The van der Waals surface area contributed by atoms with Crippen molar-refractivity contribution in [3.63, 3.8) is 0 Å². The third-order valence-corrected chi connectivity index (χ3v) is 6.69. The molecule has 32 heavy (non-hydrogen) atoms. The smallest absolute Gasteiger partial charge is 0.332 e. The molecule has 0 bridgehead atoms. The molecule has 13 heteroatoms. The standard InChI is InChI=1S/C19H27N7O5S/c1-23-15(20)14(16(28)24(2)19(23)29)13(27)11-32-18-22-21-17(25-5-8-30-9-6-25)26(18)10-12-4-3-7-31-12/h12H,3-11,20H2,1-2H3. The van der Waals surface area contributed by atoms with Crippen LogP contribution in [-0.2, 0) is 30.1 Å². The maximum Gasteiger partial charge on any atom is 0.332 e. The van der Waals surface area contributed by atoms with Gasteiger partial charge < -0.3 is 20.1 Å². The topological polar surface area (TPSA) is 140 Å². The summed E-state index contributed by atoms with van der Waals surface area (Å²) in [4.78, 5) is 39.5. The van der Waals surface area contributed by atoms with Gasteiger partial charge in [-0.05, 0) is 12.8 Å². The van der Waals surface area contributed by atoms with Gasteiger partial charge in [0.1, 0.15) is 11.4 Å². The van der Waals surface area contributed by atoms with Crippen molar-refractivity contribution in [1.29, 1.82) is 0 Å². The van der Waals surface area contributed by atoms with Gasteiger partial charge in [-0.1, -0.05) is 11.8 Å². The van der Waals surface area contributed by atoms with Crippen molar-refractivity contribution in [2.45, 2.75) is 30.6 Å². The number of carbonyl (C=O) groups excluding carboxylic acids is 1. The van der Waals surface area contributed by atoms with Crippen molar-refractivity contribution >= 4 is 29.3 Å². The molecule has 4 rings (SSSR count). The number of ether oxygens (including phenoxy) is 2. The number of hydrogen-bond acceptors (Lipinski definition) is 10. The Kier molecular flexibility index (Phi) is 6.67. The van der Waals surface area contributed by atoms with Crippen LogP contribution < -0.4 is 21.9 Å². The molecule has 2 saturated heterocycles. The van der Waals surface area contributed by atoms with Gasteiger partial charge in [-0.15, -0.1) is 10.2 Å². The van der Waals surface area contributed by atoms with Gasteiger partial charge in [0.05, 0.1) is 31.6 Å². The largest absolute Gasteiger partial charge is 0.384 e. The number of nitrogens with two attached hydrogens (primary N) is 1. The van der Waals surface area contributed by atoms with E-state index in [1.165, 1.54) is 25.9 Å². The molecule has 0 amide bonds. The average Bonchev–Trinajstić information content (AvgIpc) is 3.46. The van der Waals surface area contributed by atoms with Gasteiger partial charge in [0.2, 0.25) is 5.95 Å². The van der Waals surface area contributed by atoms with Crippen LogP contribution in [0.3, 0.4) is 0 Å². The zero-order chi connectivity index (χ0) is 22.8. The van der Waals surface area contributed by atoms with E-state index in [-0.39, 0.29) is 23.2 Å². The summed E-state index contributed by atoms with van der Waals surface area (Å²) in [6, 6.07) is 0. The maximum absolute atomic E-state index is 12.9. The van der Waals surface area contributed by atoms with E-state index < -0.39 is 17.0 Å². The summed E-state index contributed by atoms with van der Waals surface area (Å²) in [5, 5.41) is 9.24. The highest BCUT2D eigenvalue weighted by atomic mass is 32.2. The molecule has 4 heterocycles. The second kappa shape index (κ2) is 9.46. The number of carbonyl (C=O) groups is 1. The van der Waals surface area contributed by atoms with Crippen molar-refractivity contribution in [2.75, 3.05) is 49.3 Å². The van der Waals surface area contributed by atoms with Gasteiger partial charge in [-0.3, -0.25) is 23.3 Å². The fraction of sp³-hybridized carbons (Fsp3) is 0.632. The first-order valence-electron chi connectivity index (χ1n) is 10.5. The summed E-state index contributed by atoms with van der Waals surface area (Å²) >= 11 is 1.19. The van der Waals surface area contributed by atoms with E-state index in [1.807, 2.05) is 4.57 Å². The van der Waals surface area contributed by atoms with Crippen LogP contribution in [0.4, 0.5) is 11.8 Å². The number of Topliss-reactive ketones (excluding diaryl/α,β-unsaturated/α-hetero) is 1. The Balaban J connectivity index is 1.58. The number of rotatable bonds is 7. The molecule has 0 saturated carbocycles. The van der Waals surface area contributed by atoms with Crippen molar-refractivity contribution in [3.8, 4) is 0 Å². The van der Waals surface area contributed by atoms with Gasteiger partial charge in [-0.25, -0.2) is 4.79 Å². The van der Waals surface area contributed by atoms with E-state index in [0.29, 0.717) is 38.0 Å². The van der Waals surface area contributed by atoms with Gasteiger partial charge in [0, 0.05) is 33.8 Å². The molecule has 0 spiro atoms. The van der Waals surface area contributed by atoms with E-state index in [9.17, 15) is 14.4 Å². The molecule has 1 unspecified atom stereocenters. The number of thioether (sulfide) groups is 1. The fourth-order valence-corrected chi connectivity index (χ4v) is 4.68. The lowest BCUT2D eigenvalue weighted by atomic mass is 10.2. The Bertz CT molecular complexity index is 1110. The Labute approximate surface area is 188 Å². The second-order valence-electron chi connectivity index (χ2n) is 7.81. The number of anilines is 2. The maximum atomic E-state index is 12.9. The average molecular weight is 466 g/mol. The summed E-state index contributed by atoms with van der Waals surface area (Å²) in [5.41, 5.74) is 4.44. The lowest BCUT2D eigenvalue weighted by Crippen LogP contribution is -2.41. The van der Waals surface area contributed by atoms with Crippen LogP contribution in [0.5, 0.6) is 0 Å². The van der Waals surface area contributed by atoms with Gasteiger partial charge in [-0.2, -0.15) is 0 Å². The van der Waals surface area contributed by atoms with Gasteiger partial charge in [0.15, 0.2) is 10.9 Å². The third-order valence-electron chi connectivity index (χ3n) is 5.72. The molecule has 174 valence electrons. The van der Waals surface area contributed by atoms with Crippen LogP contribution in [0.1, 0.15) is 23.2 Å². The van der Waals surface area contributed by atoms with E-state index in [1.54, 1.807) is 0 Å². The number of ketones is 1. The third kappa shape index (κ3) is 4.32. The van der Waals surface area contributed by atoms with Gasteiger partial charge in [0.25, 0.3) is 5.56 Å². The predicted octanol–water partition coefficient (Wildman–Crippen LogP) is -0.752. The van der Waals surface area contributed by atoms with E-state index >= 15 is 0 Å². The molecule has 0 radical (unpaired) electrons. The van der Waals surface area contributed by atoms with Crippen LogP contribution in [0.15, 0.2) is 14.7 Å². The van der Waals surface area contributed by atoms with E-state index in [0.717, 1.165) is 34.5 Å². The molecule has 2 fully saturated rings. The summed E-state index contributed by atoms with van der Waals surface area (Å²) < 4.78 is 15.2. The summed E-state index contributed by atoms with van der Waals surface area (Å²) in [6.45, 7) is 3.96. The van der Waals surface area contributed by atoms with Crippen LogP contribution in [0.25, 0.3) is 0 Å². The van der Waals surface area contributed by atoms with Crippen LogP contribution >= 0.6 is 11.8 Å². The molecule has 2 aliphatic rings. The minimum atomic E-state index is -0.703. The monoisotopic (exact) mass is 465 g/mol. The van der Waals surface area contributed by atoms with Crippen molar-refractivity contribution in [1.82, 2.24) is 23.9 Å². The number of nitrogen functional groups attached to an aromatic ring is 1. The normalized spacial score (nSPS) is 18.9. The van der Waals surface area contributed by atoms with Gasteiger partial charge >= 0.3 is 5.69 Å². The Hall–Kier alpha value is -2.64. The Morgan fingerprint density at radius 3 is 2.59 bits per heavy atom. The molecule has 12 nitrogen and oxygen atoms in total. The lowest BCUT2D eigenvalue weighted by Gasteiger charge is -2.28. The molecule has 0 aromatic carbocycles. The highest BCUT2D eigenvalue weighted by Crippen LogP contribution is 2.26. The minimum Gasteiger partial charge on any atom is -0.384 e. The Morgan fingerprint density at radius 2 is 1.91 bits per heavy atom. The SMILES string of the molecule is Cn1c(N)c(C(=O)CSc2nnc(N3CCOCC3)n2CC2CCCO2)c(=O)n(C)c1=O. The number of morpholine rings is 1. The highest BCUT2D eigenvalue weighted by Gasteiger charge is 2.26. The molecule has 1 atom stereocenters. The predicted molar refractivity (Wildman–Crippen MR) is 118 cm³/mol. The summed E-state index contributed by atoms with van der Waals surface area (Å²) in [7, 11) is 2.74. The molecule has 2 aromatic heterocycles. The first-order valence-corrected chi connectivity index (χ1v) is 11.5. The molecule has 2 aliphatic heterocycles. The molecular weight excluding hydrogens is 438 g/mol. The van der Waals surface area contributed by atoms with Crippen LogP contribution in [0.2, 0.25) is 0 Å². The zero-order valence-electron chi connectivity index (χ0n) is 18.2. The highest BCUT2D eigenvalue weighted by molar-refractivity contribution is 7.99. The number of aromatic nitrogens is 5. The van der Waals surface area contributed by atoms with Crippen LogP contribution in [-0.4, -0.2) is 74.4 Å². The molecule has 2 N–H and O–H groups in total. The van der Waals surface area contributed by atoms with Crippen LogP contribution in [0, 0.1) is 0 Å². The van der Waals surface area contributed by atoms with Crippen molar-refractivity contribution < 1.29 is 14.3 Å². The zero-order valence-corrected chi connectivity index (χ0v) is 19.0. The quantitative estimate of drug-likeness (QED) is 0.410. The molecule has 0 aliphatic carbocycles. The number of nitrogens with zero attached hydrogens (tertiary/aromatic N) is 6. The molecular formula is C19H27N7O5S. The lowest BCUT2D eigenvalue weighted by molar-refractivity contribution is 0.0942. The first-order chi connectivity index (χ1) is 15.4. The van der Waals surface area contributed by atoms with Crippen molar-refractivity contribution in [2.24, 2.45) is 14.1 Å². The van der Waals surface area contributed by atoms with Crippen molar-refractivity contribution in [3.05, 3.63) is 26.4 Å². The van der Waals surface area contributed by atoms with E-state index in [4.69, 9.17) is 15.2 Å². The number of hydrogen-bond donors (Lipinski definition) is 1. The van der Waals surface area contributed by atoms with E-state index in [2.05, 4.69) is 15.1 Å². The summed E-state index contributed by atoms with van der Waals surface area (Å²) in [6.07, 6.45) is 2.03. The summed E-state index contributed by atoms with van der Waals surface area (Å²) in [5.74, 6) is 0.0443. The second-order valence-corrected chi connectivity index (χ2v) is 8.75.